The standard InChI is InChI=1S/C35H37Cl2N5O4/c1-41-14-16-42(17-15-41)27-6-4-23(33(43)44)22-5-7-28(39-30(22)27)34-8-11-35(12-9-34,13-10-34)45-20-24-31(40-46-32(24)21-2-3-21)29-25(36)18-38-19-26(29)37/h4-7,18-19,21H,2-3,8-17,20H2,1H3,(H,43,44). The number of pyridine rings is 2. The zero-order valence-corrected chi connectivity index (χ0v) is 27.4. The van der Waals surface area contributed by atoms with Gasteiger partial charge in [-0.3, -0.25) is 9.97 Å². The Hall–Kier alpha value is -3.24. The van der Waals surface area contributed by atoms with Crippen molar-refractivity contribution in [3.05, 3.63) is 69.3 Å². The monoisotopic (exact) mass is 661 g/mol. The van der Waals surface area contributed by atoms with Gasteiger partial charge in [0.05, 0.1) is 39.0 Å². The van der Waals surface area contributed by atoms with Gasteiger partial charge in [-0.05, 0) is 76.6 Å². The molecule has 46 heavy (non-hydrogen) atoms. The zero-order chi connectivity index (χ0) is 31.6. The molecule has 4 heterocycles. The van der Waals surface area contributed by atoms with Crippen molar-refractivity contribution in [2.24, 2.45) is 0 Å². The van der Waals surface area contributed by atoms with Crippen molar-refractivity contribution in [3.63, 3.8) is 0 Å². The number of benzene rings is 1. The lowest BCUT2D eigenvalue weighted by atomic mass is 9.57. The fourth-order valence-corrected chi connectivity index (χ4v) is 8.47. The van der Waals surface area contributed by atoms with Crippen molar-refractivity contribution >= 4 is 45.8 Å². The number of ether oxygens (including phenoxy) is 1. The summed E-state index contributed by atoms with van der Waals surface area (Å²) in [5.74, 6) is 0.321. The number of anilines is 1. The molecule has 2 bridgehead atoms. The number of aromatic nitrogens is 3. The first-order valence-electron chi connectivity index (χ1n) is 16.3. The van der Waals surface area contributed by atoms with Gasteiger partial charge >= 0.3 is 5.97 Å². The Bertz CT molecular complexity index is 1790. The van der Waals surface area contributed by atoms with Crippen molar-refractivity contribution in [2.75, 3.05) is 38.1 Å². The maximum atomic E-state index is 12.1. The van der Waals surface area contributed by atoms with E-state index in [1.165, 1.54) is 0 Å². The van der Waals surface area contributed by atoms with E-state index >= 15 is 0 Å². The molecule has 0 atom stereocenters. The molecule has 9 nitrogen and oxygen atoms in total. The summed E-state index contributed by atoms with van der Waals surface area (Å²) < 4.78 is 12.7. The van der Waals surface area contributed by atoms with E-state index in [1.807, 2.05) is 12.1 Å². The predicted molar refractivity (Wildman–Crippen MR) is 177 cm³/mol. The van der Waals surface area contributed by atoms with Crippen molar-refractivity contribution in [1.29, 1.82) is 0 Å². The van der Waals surface area contributed by atoms with Crippen LogP contribution in [-0.4, -0.2) is 69.9 Å². The van der Waals surface area contributed by atoms with E-state index in [-0.39, 0.29) is 11.0 Å². The molecule has 0 unspecified atom stereocenters. The number of aromatic carboxylic acids is 1. The van der Waals surface area contributed by atoms with Gasteiger partial charge in [-0.25, -0.2) is 4.79 Å². The summed E-state index contributed by atoms with van der Waals surface area (Å²) >= 11 is 13.1. The molecule has 4 aromatic rings. The van der Waals surface area contributed by atoms with Crippen LogP contribution in [0.5, 0.6) is 0 Å². The topological polar surface area (TPSA) is 105 Å². The van der Waals surface area contributed by atoms with Crippen molar-refractivity contribution in [1.82, 2.24) is 20.0 Å². The van der Waals surface area contributed by atoms with Crippen LogP contribution in [-0.2, 0) is 16.8 Å². The largest absolute Gasteiger partial charge is 0.478 e. The van der Waals surface area contributed by atoms with E-state index in [2.05, 4.69) is 33.1 Å². The van der Waals surface area contributed by atoms with Crippen LogP contribution in [0.15, 0.2) is 41.2 Å². The van der Waals surface area contributed by atoms with Crippen LogP contribution in [0.25, 0.3) is 22.2 Å². The maximum absolute atomic E-state index is 12.1. The van der Waals surface area contributed by atoms with E-state index in [4.69, 9.17) is 37.4 Å². The summed E-state index contributed by atoms with van der Waals surface area (Å²) in [6.45, 7) is 4.12. The number of likely N-dealkylation sites (N-methyl/N-ethyl adjacent to an activating group) is 1. The Kier molecular flexibility index (Phi) is 7.51. The van der Waals surface area contributed by atoms with E-state index < -0.39 is 5.97 Å². The van der Waals surface area contributed by atoms with E-state index in [1.54, 1.807) is 18.5 Å². The molecule has 1 aromatic carbocycles. The Balaban J connectivity index is 1.05. The molecule has 0 radical (unpaired) electrons. The first kappa shape index (κ1) is 30.1. The summed E-state index contributed by atoms with van der Waals surface area (Å²) in [4.78, 5) is 26.2. The molecule has 5 aliphatic rings. The minimum absolute atomic E-state index is 0.0441. The molecule has 1 aliphatic heterocycles. The van der Waals surface area contributed by atoms with Crippen molar-refractivity contribution in [3.8, 4) is 11.3 Å². The average Bonchev–Trinajstić information content (AvgIpc) is 3.84. The van der Waals surface area contributed by atoms with Gasteiger partial charge in [-0.1, -0.05) is 34.4 Å². The van der Waals surface area contributed by atoms with Crippen LogP contribution in [0, 0.1) is 0 Å². The van der Waals surface area contributed by atoms with E-state index in [0.717, 1.165) is 106 Å². The van der Waals surface area contributed by atoms with E-state index in [0.29, 0.717) is 44.8 Å². The van der Waals surface area contributed by atoms with Gasteiger partial charge in [0.2, 0.25) is 0 Å². The summed E-state index contributed by atoms with van der Waals surface area (Å²) in [5.41, 5.74) is 5.17. The highest BCUT2D eigenvalue weighted by Gasteiger charge is 2.51. The van der Waals surface area contributed by atoms with Crippen LogP contribution in [0.1, 0.15) is 84.7 Å². The van der Waals surface area contributed by atoms with Gasteiger partial charge < -0.3 is 24.2 Å². The third-order valence-electron chi connectivity index (χ3n) is 11.0. The van der Waals surface area contributed by atoms with Crippen molar-refractivity contribution < 1.29 is 19.2 Å². The lowest BCUT2D eigenvalue weighted by molar-refractivity contribution is -0.127. The number of hydrogen-bond donors (Lipinski definition) is 1. The van der Waals surface area contributed by atoms with Gasteiger partial charge in [0.25, 0.3) is 0 Å². The van der Waals surface area contributed by atoms with Crippen LogP contribution in [0.4, 0.5) is 5.69 Å². The van der Waals surface area contributed by atoms with Gasteiger partial charge in [0.15, 0.2) is 0 Å². The predicted octanol–water partition coefficient (Wildman–Crippen LogP) is 7.48. The Labute approximate surface area is 277 Å². The second-order valence-corrected chi connectivity index (χ2v) is 14.5. The number of rotatable bonds is 8. The third kappa shape index (κ3) is 5.16. The van der Waals surface area contributed by atoms with Crippen LogP contribution in [0.3, 0.4) is 0 Å². The number of nitrogens with zero attached hydrogens (tertiary/aromatic N) is 5. The van der Waals surface area contributed by atoms with Gasteiger partial charge in [0.1, 0.15) is 11.5 Å². The Morgan fingerprint density at radius 2 is 1.70 bits per heavy atom. The molecular weight excluding hydrogens is 625 g/mol. The molecule has 240 valence electrons. The fourth-order valence-electron chi connectivity index (χ4n) is 7.93. The number of hydrogen-bond acceptors (Lipinski definition) is 8. The summed E-state index contributed by atoms with van der Waals surface area (Å²) in [7, 11) is 2.14. The molecule has 9 rings (SSSR count). The summed E-state index contributed by atoms with van der Waals surface area (Å²) in [6.07, 6.45) is 11.0. The van der Waals surface area contributed by atoms with Crippen LogP contribution < -0.4 is 4.90 Å². The second kappa shape index (κ2) is 11.5. The van der Waals surface area contributed by atoms with Crippen LogP contribution >= 0.6 is 23.2 Å². The van der Waals surface area contributed by atoms with Crippen LogP contribution in [0.2, 0.25) is 10.0 Å². The summed E-state index contributed by atoms with van der Waals surface area (Å²) in [5, 5.41) is 16.0. The first-order chi connectivity index (χ1) is 22.3. The quantitative estimate of drug-likeness (QED) is 0.206. The fraction of sp³-hybridized carbons (Fsp3) is 0.486. The molecule has 5 fully saturated rings. The van der Waals surface area contributed by atoms with Gasteiger partial charge in [-0.2, -0.15) is 0 Å². The zero-order valence-electron chi connectivity index (χ0n) is 25.9. The van der Waals surface area contributed by atoms with E-state index in [9.17, 15) is 9.90 Å². The number of fused-ring (bicyclic) bond motifs is 4. The number of carboxylic acid groups (broad SMARTS) is 1. The molecule has 0 amide bonds. The number of carboxylic acids is 1. The molecular formula is C35H37Cl2N5O4. The minimum atomic E-state index is -0.922. The molecule has 1 N–H and O–H groups in total. The van der Waals surface area contributed by atoms with Gasteiger partial charge in [-0.15, -0.1) is 0 Å². The lowest BCUT2D eigenvalue weighted by Gasteiger charge is -2.53. The highest BCUT2D eigenvalue weighted by molar-refractivity contribution is 6.38. The van der Waals surface area contributed by atoms with Gasteiger partial charge in [0, 0.05) is 72.1 Å². The Morgan fingerprint density at radius 3 is 2.35 bits per heavy atom. The normalized spacial score (nSPS) is 25.0. The highest BCUT2D eigenvalue weighted by Crippen LogP contribution is 2.56. The molecule has 3 aromatic heterocycles. The summed E-state index contributed by atoms with van der Waals surface area (Å²) in [6, 6.07) is 7.75. The van der Waals surface area contributed by atoms with Crippen molar-refractivity contribution in [2.45, 2.75) is 74.9 Å². The molecule has 1 saturated heterocycles. The lowest BCUT2D eigenvalue weighted by Crippen LogP contribution is -2.50. The first-order valence-corrected chi connectivity index (χ1v) is 17.0. The second-order valence-electron chi connectivity index (χ2n) is 13.7. The highest BCUT2D eigenvalue weighted by atomic mass is 35.5. The third-order valence-corrected chi connectivity index (χ3v) is 11.6. The molecule has 11 heteroatoms. The number of piperazine rings is 1. The minimum Gasteiger partial charge on any atom is -0.478 e. The molecule has 4 saturated carbocycles. The average molecular weight is 663 g/mol. The number of halogens is 2. The molecule has 0 spiro atoms. The smallest absolute Gasteiger partial charge is 0.336 e. The molecule has 4 aliphatic carbocycles. The maximum Gasteiger partial charge on any atom is 0.336 e. The number of carbonyl (C=O) groups is 1. The Morgan fingerprint density at radius 1 is 1.00 bits per heavy atom. The SMILES string of the molecule is CN1CCN(c2ccc(C(=O)O)c3ccc(C45CCC(OCc6c(-c7c(Cl)cncc7Cl)noc6C6CC6)(CC4)CC5)nc23)CC1.